The molecule has 0 N–H and O–H groups in total. The Morgan fingerprint density at radius 1 is 0.750 bits per heavy atom. The third-order valence-electron chi connectivity index (χ3n) is 9.53. The van der Waals surface area contributed by atoms with E-state index in [2.05, 4.69) is 53.0 Å². The van der Waals surface area contributed by atoms with Gasteiger partial charge in [0.1, 0.15) is 11.2 Å². The summed E-state index contributed by atoms with van der Waals surface area (Å²) in [6, 6.07) is 0. The van der Waals surface area contributed by atoms with Gasteiger partial charge in [-0.05, 0) is 76.0 Å². The van der Waals surface area contributed by atoms with Crippen molar-refractivity contribution in [3.63, 3.8) is 0 Å². The summed E-state index contributed by atoms with van der Waals surface area (Å²) >= 11 is 8.51. The fourth-order valence-corrected chi connectivity index (χ4v) is 8.92. The molecule has 4 saturated carbocycles. The van der Waals surface area contributed by atoms with Crippen LogP contribution < -0.4 is 0 Å². The molecule has 4 bridgehead atoms. The second-order valence-electron chi connectivity index (χ2n) is 10.8. The van der Waals surface area contributed by atoms with E-state index in [1.807, 2.05) is 0 Å². The van der Waals surface area contributed by atoms with Gasteiger partial charge in [0.05, 0.1) is 12.8 Å². The minimum Gasteiger partial charge on any atom is -0.458 e. The average Bonchev–Trinajstić information content (AvgIpc) is 2.75. The number of esters is 2. The van der Waals surface area contributed by atoms with Crippen LogP contribution in [0.4, 0.5) is 0 Å². The summed E-state index contributed by atoms with van der Waals surface area (Å²) in [5.41, 5.74) is -0.951. The van der Waals surface area contributed by atoms with Gasteiger partial charge in [-0.1, -0.05) is 27.7 Å². The highest BCUT2D eigenvalue weighted by Gasteiger charge is 2.69. The molecular weight excluding hydrogens is 440 g/mol. The summed E-state index contributed by atoms with van der Waals surface area (Å²) in [4.78, 5) is 25.5. The van der Waals surface area contributed by atoms with Crippen molar-refractivity contribution in [2.75, 3.05) is 11.5 Å². The topological polar surface area (TPSA) is 52.6 Å². The van der Waals surface area contributed by atoms with E-state index in [0.717, 1.165) is 57.8 Å². The molecule has 0 saturated heterocycles. The lowest BCUT2D eigenvalue weighted by molar-refractivity contribution is -0.266. The van der Waals surface area contributed by atoms with Crippen LogP contribution in [0.2, 0.25) is 0 Å². The maximum Gasteiger partial charge on any atom is 0.307 e. The van der Waals surface area contributed by atoms with Crippen LogP contribution in [0.5, 0.6) is 0 Å². The monoisotopic (exact) mass is 484 g/mol. The quantitative estimate of drug-likeness (QED) is 0.248. The van der Waals surface area contributed by atoms with Crippen molar-refractivity contribution in [3.05, 3.63) is 0 Å². The molecule has 6 heteroatoms. The molecule has 0 heterocycles. The molecule has 4 fully saturated rings. The van der Waals surface area contributed by atoms with E-state index >= 15 is 0 Å². The molecule has 4 aliphatic carbocycles. The van der Waals surface area contributed by atoms with Gasteiger partial charge in [-0.2, -0.15) is 25.3 Å². The van der Waals surface area contributed by atoms with Crippen molar-refractivity contribution in [3.8, 4) is 0 Å². The second-order valence-corrected chi connectivity index (χ2v) is 11.7. The number of carbonyl (C=O) groups is 2. The maximum absolute atomic E-state index is 12.7. The first-order chi connectivity index (χ1) is 15.2. The van der Waals surface area contributed by atoms with Gasteiger partial charge in [0.15, 0.2) is 0 Å². The number of rotatable bonds is 12. The first-order valence-electron chi connectivity index (χ1n) is 12.9. The largest absolute Gasteiger partial charge is 0.458 e. The molecule has 0 aromatic rings. The van der Waals surface area contributed by atoms with Gasteiger partial charge >= 0.3 is 11.9 Å². The van der Waals surface area contributed by atoms with Gasteiger partial charge in [0.2, 0.25) is 0 Å². The summed E-state index contributed by atoms with van der Waals surface area (Å²) in [7, 11) is 0. The smallest absolute Gasteiger partial charge is 0.307 e. The standard InChI is InChI=1S/C26H44O4S2/c1-5-25(6-2,29-21(27)9-11-31)23-14-19-13-20(15-23)17-24(16-19,18-23)26(7-3,8-4)30-22(28)10-12-32/h19-20,31-32H,5-18H2,1-4H3. The van der Waals surface area contributed by atoms with E-state index in [1.54, 1.807) is 0 Å². The summed E-state index contributed by atoms with van der Waals surface area (Å²) in [6.45, 7) is 8.73. The molecule has 0 atom stereocenters. The molecule has 0 aliphatic heterocycles. The summed E-state index contributed by atoms with van der Waals surface area (Å²) in [5.74, 6) is 2.04. The maximum atomic E-state index is 12.7. The van der Waals surface area contributed by atoms with Crippen molar-refractivity contribution >= 4 is 37.2 Å². The molecule has 0 unspecified atom stereocenters. The molecule has 0 radical (unpaired) electrons. The van der Waals surface area contributed by atoms with Crippen molar-refractivity contribution < 1.29 is 19.1 Å². The minimum absolute atomic E-state index is 0.0294. The summed E-state index contributed by atoms with van der Waals surface area (Å²) < 4.78 is 12.8. The Morgan fingerprint density at radius 2 is 1.09 bits per heavy atom. The first kappa shape index (κ1) is 26.2. The van der Waals surface area contributed by atoms with Crippen LogP contribution >= 0.6 is 25.3 Å². The van der Waals surface area contributed by atoms with E-state index in [1.165, 1.54) is 6.42 Å². The highest BCUT2D eigenvalue weighted by atomic mass is 32.1. The van der Waals surface area contributed by atoms with Crippen LogP contribution in [0.15, 0.2) is 0 Å². The summed E-state index contributed by atoms with van der Waals surface area (Å²) in [6.07, 6.45) is 10.9. The SMILES string of the molecule is CCC(CC)(OC(=O)CCS)C12CC3CC(C1)CC(C(CC)(CC)OC(=O)CCS)(C3)C2. The number of carbonyl (C=O) groups excluding carboxylic acids is 2. The van der Waals surface area contributed by atoms with Crippen LogP contribution in [-0.4, -0.2) is 34.6 Å². The molecule has 4 rings (SSSR count). The number of ether oxygens (including phenoxy) is 2. The number of thiol groups is 2. The Labute approximate surface area is 206 Å². The molecule has 184 valence electrons. The third kappa shape index (κ3) is 4.25. The van der Waals surface area contributed by atoms with Crippen LogP contribution in [0.25, 0.3) is 0 Å². The highest BCUT2D eigenvalue weighted by molar-refractivity contribution is 7.80. The normalized spacial score (nSPS) is 31.6. The fourth-order valence-electron chi connectivity index (χ4n) is 8.55. The highest BCUT2D eigenvalue weighted by Crippen LogP contribution is 2.73. The van der Waals surface area contributed by atoms with Crippen LogP contribution in [-0.2, 0) is 19.1 Å². The van der Waals surface area contributed by atoms with Gasteiger partial charge < -0.3 is 9.47 Å². The lowest BCUT2D eigenvalue weighted by Crippen LogP contribution is -2.67. The molecule has 4 nitrogen and oxygen atoms in total. The van der Waals surface area contributed by atoms with Gasteiger partial charge in [-0.3, -0.25) is 9.59 Å². The van der Waals surface area contributed by atoms with E-state index in [9.17, 15) is 9.59 Å². The van der Waals surface area contributed by atoms with Gasteiger partial charge in [-0.25, -0.2) is 0 Å². The van der Waals surface area contributed by atoms with E-state index in [-0.39, 0.29) is 22.8 Å². The van der Waals surface area contributed by atoms with Gasteiger partial charge in [0.25, 0.3) is 0 Å². The predicted molar refractivity (Wildman–Crippen MR) is 135 cm³/mol. The van der Waals surface area contributed by atoms with E-state index < -0.39 is 11.2 Å². The zero-order valence-corrected chi connectivity index (χ0v) is 22.4. The Bertz CT molecular complexity index is 615. The van der Waals surface area contributed by atoms with E-state index in [0.29, 0.717) is 36.2 Å². The van der Waals surface area contributed by atoms with Crippen molar-refractivity contribution in [1.29, 1.82) is 0 Å². The Morgan fingerprint density at radius 3 is 1.38 bits per heavy atom. The molecule has 0 aromatic heterocycles. The van der Waals surface area contributed by atoms with E-state index in [4.69, 9.17) is 9.47 Å². The van der Waals surface area contributed by atoms with Crippen molar-refractivity contribution in [2.24, 2.45) is 22.7 Å². The molecule has 32 heavy (non-hydrogen) atoms. The molecule has 4 aliphatic rings. The molecule has 0 aromatic carbocycles. The molecule has 0 spiro atoms. The third-order valence-corrected chi connectivity index (χ3v) is 9.98. The van der Waals surface area contributed by atoms with Gasteiger partial charge in [0, 0.05) is 22.3 Å². The lowest BCUT2D eigenvalue weighted by Gasteiger charge is -2.70. The Hall–Kier alpha value is -0.360. The number of hydrogen-bond acceptors (Lipinski definition) is 6. The first-order valence-corrected chi connectivity index (χ1v) is 14.1. The van der Waals surface area contributed by atoms with Crippen molar-refractivity contribution in [2.45, 2.75) is 116 Å². The predicted octanol–water partition coefficient (Wildman–Crippen LogP) is 6.42. The minimum atomic E-state index is -0.446. The van der Waals surface area contributed by atoms with Gasteiger partial charge in [-0.15, -0.1) is 0 Å². The zero-order chi connectivity index (χ0) is 23.6. The lowest BCUT2D eigenvalue weighted by atomic mass is 9.37. The summed E-state index contributed by atoms with van der Waals surface area (Å²) in [5, 5.41) is 0. The Kier molecular flexibility index (Phi) is 8.28. The van der Waals surface area contributed by atoms with Crippen molar-refractivity contribution in [1.82, 2.24) is 0 Å². The van der Waals surface area contributed by atoms with Crippen LogP contribution in [0.1, 0.15) is 105 Å². The molecule has 0 amide bonds. The fraction of sp³-hybridized carbons (Fsp3) is 0.923. The van der Waals surface area contributed by atoms with Crippen LogP contribution in [0, 0.1) is 22.7 Å². The average molecular weight is 485 g/mol. The second kappa shape index (κ2) is 10.1. The number of hydrogen-bond donors (Lipinski definition) is 2. The Balaban J connectivity index is 2.03. The zero-order valence-electron chi connectivity index (χ0n) is 20.6. The molecular formula is C26H44O4S2. The van der Waals surface area contributed by atoms with Crippen LogP contribution in [0.3, 0.4) is 0 Å².